The van der Waals surface area contributed by atoms with Gasteiger partial charge in [0, 0.05) is 30.5 Å². The van der Waals surface area contributed by atoms with Crippen LogP contribution in [0.4, 0.5) is 11.4 Å². The molecular formula is C14H22N2O. The van der Waals surface area contributed by atoms with Crippen molar-refractivity contribution in [3.05, 3.63) is 23.8 Å². The highest BCUT2D eigenvalue weighted by atomic mass is 16.1. The van der Waals surface area contributed by atoms with Crippen LogP contribution < -0.4 is 10.6 Å². The van der Waals surface area contributed by atoms with Crippen molar-refractivity contribution in [2.75, 3.05) is 24.2 Å². The molecule has 0 spiro atoms. The molecule has 0 aliphatic heterocycles. The first-order valence-corrected chi connectivity index (χ1v) is 6.03. The fourth-order valence-electron chi connectivity index (χ4n) is 1.69. The highest BCUT2D eigenvalue weighted by Crippen LogP contribution is 2.21. The standard InChI is InChI=1S/C14H22N2O/c1-10(2)7-8-16(4)12-5-6-13(11(3)17)14(15)9-12/h5-6,9-10H,7-8,15H2,1-4H3. The third kappa shape index (κ3) is 3.77. The summed E-state index contributed by atoms with van der Waals surface area (Å²) in [5.74, 6) is 0.699. The molecule has 0 aliphatic carbocycles. The lowest BCUT2D eigenvalue weighted by molar-refractivity contribution is 0.101. The Kier molecular flexibility index (Phi) is 4.55. The van der Waals surface area contributed by atoms with Crippen LogP contribution in [0.25, 0.3) is 0 Å². The molecule has 0 radical (unpaired) electrons. The predicted molar refractivity (Wildman–Crippen MR) is 73.6 cm³/mol. The van der Waals surface area contributed by atoms with Crippen molar-refractivity contribution < 1.29 is 4.79 Å². The van der Waals surface area contributed by atoms with Gasteiger partial charge in [0.25, 0.3) is 0 Å². The molecule has 0 heterocycles. The normalized spacial score (nSPS) is 10.6. The molecule has 0 fully saturated rings. The van der Waals surface area contributed by atoms with Crippen molar-refractivity contribution in [2.24, 2.45) is 5.92 Å². The van der Waals surface area contributed by atoms with Crippen molar-refractivity contribution in [1.29, 1.82) is 0 Å². The maximum absolute atomic E-state index is 11.3. The summed E-state index contributed by atoms with van der Waals surface area (Å²) in [7, 11) is 2.05. The topological polar surface area (TPSA) is 46.3 Å². The lowest BCUT2D eigenvalue weighted by Crippen LogP contribution is -2.20. The van der Waals surface area contributed by atoms with Gasteiger partial charge >= 0.3 is 0 Å². The molecule has 0 bridgehead atoms. The van der Waals surface area contributed by atoms with Gasteiger partial charge in [0.1, 0.15) is 0 Å². The van der Waals surface area contributed by atoms with E-state index < -0.39 is 0 Å². The second-order valence-corrected chi connectivity index (χ2v) is 4.93. The third-order valence-corrected chi connectivity index (χ3v) is 2.90. The number of carbonyl (C=O) groups excluding carboxylic acids is 1. The summed E-state index contributed by atoms with van der Waals surface area (Å²) in [5, 5.41) is 0. The minimum atomic E-state index is 0.0129. The maximum Gasteiger partial charge on any atom is 0.161 e. The Labute approximate surface area is 104 Å². The summed E-state index contributed by atoms with van der Waals surface area (Å²) in [4.78, 5) is 13.4. The third-order valence-electron chi connectivity index (χ3n) is 2.90. The number of Topliss-reactive ketones (excluding diaryl/α,β-unsaturated/α-hetero) is 1. The van der Waals surface area contributed by atoms with Crippen molar-refractivity contribution in [1.82, 2.24) is 0 Å². The monoisotopic (exact) mass is 234 g/mol. The number of nitrogens with zero attached hydrogens (tertiary/aromatic N) is 1. The number of nitrogens with two attached hydrogens (primary N) is 1. The van der Waals surface area contributed by atoms with Gasteiger partial charge in [-0.1, -0.05) is 13.8 Å². The van der Waals surface area contributed by atoms with Crippen LogP contribution >= 0.6 is 0 Å². The maximum atomic E-state index is 11.3. The average Bonchev–Trinajstić information content (AvgIpc) is 2.25. The summed E-state index contributed by atoms with van der Waals surface area (Å²) >= 11 is 0. The first-order valence-electron chi connectivity index (χ1n) is 6.03. The van der Waals surface area contributed by atoms with Gasteiger partial charge in [-0.15, -0.1) is 0 Å². The molecule has 0 amide bonds. The Morgan fingerprint density at radius 2 is 2.06 bits per heavy atom. The van der Waals surface area contributed by atoms with Gasteiger partial charge in [0.15, 0.2) is 5.78 Å². The van der Waals surface area contributed by atoms with Gasteiger partial charge in [-0.25, -0.2) is 0 Å². The van der Waals surface area contributed by atoms with Crippen LogP contribution in [-0.4, -0.2) is 19.4 Å². The molecule has 1 rings (SSSR count). The molecule has 0 saturated carbocycles. The highest BCUT2D eigenvalue weighted by molar-refractivity contribution is 5.99. The molecule has 0 aliphatic rings. The second kappa shape index (κ2) is 5.71. The van der Waals surface area contributed by atoms with Crippen LogP contribution in [0.5, 0.6) is 0 Å². The van der Waals surface area contributed by atoms with Crippen LogP contribution in [0.15, 0.2) is 18.2 Å². The molecule has 0 saturated heterocycles. The van der Waals surface area contributed by atoms with E-state index >= 15 is 0 Å². The summed E-state index contributed by atoms with van der Waals surface area (Å²) in [6, 6.07) is 5.63. The van der Waals surface area contributed by atoms with Gasteiger partial charge in [-0.3, -0.25) is 4.79 Å². The van der Waals surface area contributed by atoms with Crippen LogP contribution in [0.3, 0.4) is 0 Å². The second-order valence-electron chi connectivity index (χ2n) is 4.93. The van der Waals surface area contributed by atoms with E-state index in [9.17, 15) is 4.79 Å². The summed E-state index contributed by atoms with van der Waals surface area (Å²) in [5.41, 5.74) is 8.10. The Bertz CT molecular complexity index is 399. The molecule has 3 heteroatoms. The number of anilines is 2. The molecule has 3 nitrogen and oxygen atoms in total. The Morgan fingerprint density at radius 1 is 1.41 bits per heavy atom. The van der Waals surface area contributed by atoms with Crippen molar-refractivity contribution in [3.63, 3.8) is 0 Å². The van der Waals surface area contributed by atoms with Gasteiger partial charge < -0.3 is 10.6 Å². The van der Waals surface area contributed by atoms with Crippen molar-refractivity contribution in [3.8, 4) is 0 Å². The fraction of sp³-hybridized carbons (Fsp3) is 0.500. The molecule has 0 atom stereocenters. The first kappa shape index (κ1) is 13.6. The first-order chi connectivity index (χ1) is 7.91. The van der Waals surface area contributed by atoms with Crippen LogP contribution in [0, 0.1) is 5.92 Å². The van der Waals surface area contributed by atoms with Gasteiger partial charge in [0.05, 0.1) is 0 Å². The number of nitrogen functional groups attached to an aromatic ring is 1. The molecule has 2 N–H and O–H groups in total. The predicted octanol–water partition coefficient (Wildman–Crippen LogP) is 2.95. The van der Waals surface area contributed by atoms with E-state index in [0.717, 1.165) is 18.7 Å². The summed E-state index contributed by atoms with van der Waals surface area (Å²) in [6.45, 7) is 6.95. The average molecular weight is 234 g/mol. The van der Waals surface area contributed by atoms with Gasteiger partial charge in [-0.2, -0.15) is 0 Å². The van der Waals surface area contributed by atoms with Crippen LogP contribution in [0.1, 0.15) is 37.6 Å². The molecule has 0 unspecified atom stereocenters. The SMILES string of the molecule is CC(=O)c1ccc(N(C)CCC(C)C)cc1N. The van der Waals surface area contributed by atoms with E-state index in [1.165, 1.54) is 6.92 Å². The zero-order chi connectivity index (χ0) is 13.0. The molecule has 94 valence electrons. The van der Waals surface area contributed by atoms with E-state index in [-0.39, 0.29) is 5.78 Å². The zero-order valence-electron chi connectivity index (χ0n) is 11.2. The van der Waals surface area contributed by atoms with E-state index in [1.54, 1.807) is 6.07 Å². The smallest absolute Gasteiger partial charge is 0.161 e. The minimum absolute atomic E-state index is 0.0129. The Morgan fingerprint density at radius 3 is 2.53 bits per heavy atom. The number of hydrogen-bond acceptors (Lipinski definition) is 3. The molecule has 1 aromatic carbocycles. The quantitative estimate of drug-likeness (QED) is 0.629. The van der Waals surface area contributed by atoms with Crippen molar-refractivity contribution >= 4 is 17.2 Å². The number of hydrogen-bond donors (Lipinski definition) is 1. The van der Waals surface area contributed by atoms with Crippen molar-refractivity contribution in [2.45, 2.75) is 27.2 Å². The summed E-state index contributed by atoms with van der Waals surface area (Å²) < 4.78 is 0. The lowest BCUT2D eigenvalue weighted by Gasteiger charge is -2.21. The fourth-order valence-corrected chi connectivity index (χ4v) is 1.69. The Balaban J connectivity index is 2.79. The zero-order valence-corrected chi connectivity index (χ0v) is 11.2. The largest absolute Gasteiger partial charge is 0.398 e. The number of rotatable bonds is 5. The molecular weight excluding hydrogens is 212 g/mol. The van der Waals surface area contributed by atoms with E-state index in [4.69, 9.17) is 5.73 Å². The highest BCUT2D eigenvalue weighted by Gasteiger charge is 2.08. The lowest BCUT2D eigenvalue weighted by atomic mass is 10.1. The number of benzene rings is 1. The molecule has 17 heavy (non-hydrogen) atoms. The van der Waals surface area contributed by atoms with E-state index in [1.807, 2.05) is 19.2 Å². The van der Waals surface area contributed by atoms with Gasteiger partial charge in [0.2, 0.25) is 0 Å². The van der Waals surface area contributed by atoms with Crippen LogP contribution in [-0.2, 0) is 0 Å². The molecule has 1 aromatic rings. The molecule has 0 aromatic heterocycles. The van der Waals surface area contributed by atoms with E-state index in [0.29, 0.717) is 17.2 Å². The Hall–Kier alpha value is -1.51. The number of ketones is 1. The minimum Gasteiger partial charge on any atom is -0.398 e. The summed E-state index contributed by atoms with van der Waals surface area (Å²) in [6.07, 6.45) is 1.14. The van der Waals surface area contributed by atoms with Crippen LogP contribution in [0.2, 0.25) is 0 Å². The van der Waals surface area contributed by atoms with Gasteiger partial charge in [-0.05, 0) is 37.5 Å². The number of carbonyl (C=O) groups is 1. The van der Waals surface area contributed by atoms with E-state index in [2.05, 4.69) is 18.7 Å².